The molecule has 2 unspecified atom stereocenters. The van der Waals surface area contributed by atoms with Crippen molar-refractivity contribution in [1.82, 2.24) is 15.5 Å². The third-order valence-electron chi connectivity index (χ3n) is 3.60. The molecule has 0 aliphatic carbocycles. The van der Waals surface area contributed by atoms with Crippen LogP contribution in [0.2, 0.25) is 0 Å². The van der Waals surface area contributed by atoms with Crippen LogP contribution in [-0.4, -0.2) is 55.1 Å². The number of nitrogens with one attached hydrogen (secondary N) is 2. The zero-order valence-electron chi connectivity index (χ0n) is 11.0. The molecule has 0 aromatic heterocycles. The van der Waals surface area contributed by atoms with Crippen molar-refractivity contribution in [3.8, 4) is 0 Å². The van der Waals surface area contributed by atoms with Crippen LogP contribution < -0.4 is 10.6 Å². The Labute approximate surface area is 114 Å². The number of amides is 2. The Kier molecular flexibility index (Phi) is 4.52. The highest BCUT2D eigenvalue weighted by atomic mass is 19.4. The Balaban J connectivity index is 1.82. The summed E-state index contributed by atoms with van der Waals surface area (Å²) in [5, 5.41) is 5.79. The SMILES string of the molecule is O=C(NC1CC(=O)N(CC(F)(F)F)C1)C1CCCNC1. The van der Waals surface area contributed by atoms with Gasteiger partial charge in [0.25, 0.3) is 0 Å². The second-order valence-corrected chi connectivity index (χ2v) is 5.34. The van der Waals surface area contributed by atoms with Crippen LogP contribution >= 0.6 is 0 Å². The first-order valence-corrected chi connectivity index (χ1v) is 6.71. The molecule has 0 spiro atoms. The van der Waals surface area contributed by atoms with Crippen molar-refractivity contribution in [2.75, 3.05) is 26.2 Å². The van der Waals surface area contributed by atoms with E-state index >= 15 is 0 Å². The van der Waals surface area contributed by atoms with Crippen LogP contribution in [0, 0.1) is 5.92 Å². The molecule has 2 fully saturated rings. The van der Waals surface area contributed by atoms with Gasteiger partial charge in [0.15, 0.2) is 0 Å². The fraction of sp³-hybridized carbons (Fsp3) is 0.833. The van der Waals surface area contributed by atoms with E-state index in [0.29, 0.717) is 6.54 Å². The molecule has 2 atom stereocenters. The van der Waals surface area contributed by atoms with Gasteiger partial charge in [-0.15, -0.1) is 0 Å². The van der Waals surface area contributed by atoms with E-state index < -0.39 is 24.7 Å². The predicted octanol–water partition coefficient (Wildman–Crippen LogP) is 0.265. The molecule has 20 heavy (non-hydrogen) atoms. The van der Waals surface area contributed by atoms with Crippen LogP contribution in [0.5, 0.6) is 0 Å². The number of alkyl halides is 3. The molecule has 0 aromatic carbocycles. The molecule has 2 heterocycles. The number of rotatable bonds is 3. The highest BCUT2D eigenvalue weighted by Crippen LogP contribution is 2.21. The van der Waals surface area contributed by atoms with Crippen molar-refractivity contribution < 1.29 is 22.8 Å². The number of carbonyl (C=O) groups is 2. The zero-order chi connectivity index (χ0) is 14.8. The number of nitrogens with zero attached hydrogens (tertiary/aromatic N) is 1. The minimum absolute atomic E-state index is 0.0536. The Morgan fingerprint density at radius 1 is 1.45 bits per heavy atom. The number of hydrogen-bond donors (Lipinski definition) is 2. The molecule has 0 aromatic rings. The molecule has 0 radical (unpaired) electrons. The molecule has 8 heteroatoms. The fourth-order valence-electron chi connectivity index (χ4n) is 2.63. The lowest BCUT2D eigenvalue weighted by atomic mass is 9.98. The summed E-state index contributed by atoms with van der Waals surface area (Å²) in [4.78, 5) is 24.2. The van der Waals surface area contributed by atoms with Crippen LogP contribution in [0.4, 0.5) is 13.2 Å². The van der Waals surface area contributed by atoms with Crippen molar-refractivity contribution in [3.05, 3.63) is 0 Å². The van der Waals surface area contributed by atoms with Gasteiger partial charge in [-0.25, -0.2) is 0 Å². The highest BCUT2D eigenvalue weighted by molar-refractivity contribution is 5.83. The van der Waals surface area contributed by atoms with Crippen molar-refractivity contribution in [1.29, 1.82) is 0 Å². The average Bonchev–Trinajstić information content (AvgIpc) is 2.68. The van der Waals surface area contributed by atoms with Gasteiger partial charge >= 0.3 is 6.18 Å². The summed E-state index contributed by atoms with van der Waals surface area (Å²) in [6, 6.07) is -0.515. The Morgan fingerprint density at radius 2 is 2.20 bits per heavy atom. The van der Waals surface area contributed by atoms with E-state index in [1.807, 2.05) is 0 Å². The molecular formula is C12H18F3N3O2. The minimum Gasteiger partial charge on any atom is -0.351 e. The minimum atomic E-state index is -4.40. The van der Waals surface area contributed by atoms with Crippen LogP contribution in [-0.2, 0) is 9.59 Å². The lowest BCUT2D eigenvalue weighted by Gasteiger charge is -2.24. The summed E-state index contributed by atoms with van der Waals surface area (Å²) >= 11 is 0. The third kappa shape index (κ3) is 4.09. The maximum Gasteiger partial charge on any atom is 0.406 e. The maximum absolute atomic E-state index is 12.3. The normalized spacial score (nSPS) is 27.8. The monoisotopic (exact) mass is 293 g/mol. The molecular weight excluding hydrogens is 275 g/mol. The Hall–Kier alpha value is -1.31. The van der Waals surface area contributed by atoms with Crippen LogP contribution in [0.3, 0.4) is 0 Å². The van der Waals surface area contributed by atoms with Crippen molar-refractivity contribution in [2.24, 2.45) is 5.92 Å². The Bertz CT molecular complexity index is 381. The third-order valence-corrected chi connectivity index (χ3v) is 3.60. The van der Waals surface area contributed by atoms with E-state index in [9.17, 15) is 22.8 Å². The van der Waals surface area contributed by atoms with Gasteiger partial charge in [0.05, 0.1) is 12.0 Å². The van der Waals surface area contributed by atoms with Crippen molar-refractivity contribution >= 4 is 11.8 Å². The van der Waals surface area contributed by atoms with Gasteiger partial charge in [-0.3, -0.25) is 9.59 Å². The second-order valence-electron chi connectivity index (χ2n) is 5.34. The fourth-order valence-corrected chi connectivity index (χ4v) is 2.63. The Morgan fingerprint density at radius 3 is 2.80 bits per heavy atom. The first-order valence-electron chi connectivity index (χ1n) is 6.71. The molecule has 2 saturated heterocycles. The van der Waals surface area contributed by atoms with Gasteiger partial charge in [-0.05, 0) is 19.4 Å². The molecule has 2 N–H and O–H groups in total. The summed E-state index contributed by atoms with van der Waals surface area (Å²) in [6.45, 7) is 0.150. The first-order chi connectivity index (χ1) is 9.35. The van der Waals surface area contributed by atoms with Gasteiger partial charge in [-0.2, -0.15) is 13.2 Å². The lowest BCUT2D eigenvalue weighted by Crippen LogP contribution is -2.45. The van der Waals surface area contributed by atoms with Crippen LogP contribution in [0.25, 0.3) is 0 Å². The molecule has 114 valence electrons. The zero-order valence-corrected chi connectivity index (χ0v) is 11.0. The molecule has 2 rings (SSSR count). The van der Waals surface area contributed by atoms with E-state index in [1.54, 1.807) is 0 Å². The van der Waals surface area contributed by atoms with E-state index in [1.165, 1.54) is 0 Å². The van der Waals surface area contributed by atoms with Crippen LogP contribution in [0.15, 0.2) is 0 Å². The molecule has 2 aliphatic heterocycles. The summed E-state index contributed by atoms with van der Waals surface area (Å²) in [7, 11) is 0. The van der Waals surface area contributed by atoms with Crippen molar-refractivity contribution in [2.45, 2.75) is 31.5 Å². The molecule has 0 saturated carbocycles. The smallest absolute Gasteiger partial charge is 0.351 e. The van der Waals surface area contributed by atoms with Crippen molar-refractivity contribution in [3.63, 3.8) is 0 Å². The number of likely N-dealkylation sites (tertiary alicyclic amines) is 1. The maximum atomic E-state index is 12.3. The average molecular weight is 293 g/mol. The lowest BCUT2D eigenvalue weighted by molar-refractivity contribution is -0.157. The predicted molar refractivity (Wildman–Crippen MR) is 64.8 cm³/mol. The molecule has 2 amide bonds. The second kappa shape index (κ2) is 5.99. The summed E-state index contributed by atoms with van der Waals surface area (Å²) in [5.74, 6) is -0.895. The first kappa shape index (κ1) is 15.1. The summed E-state index contributed by atoms with van der Waals surface area (Å²) in [6.07, 6.45) is -2.78. The van der Waals surface area contributed by atoms with E-state index in [-0.39, 0.29) is 24.8 Å². The van der Waals surface area contributed by atoms with Gasteiger partial charge in [0.2, 0.25) is 11.8 Å². The van der Waals surface area contributed by atoms with E-state index in [0.717, 1.165) is 24.3 Å². The van der Waals surface area contributed by atoms with Gasteiger partial charge in [0.1, 0.15) is 6.54 Å². The van der Waals surface area contributed by atoms with Crippen LogP contribution in [0.1, 0.15) is 19.3 Å². The van der Waals surface area contributed by atoms with Gasteiger partial charge in [-0.1, -0.05) is 0 Å². The summed E-state index contributed by atoms with van der Waals surface area (Å²) in [5.41, 5.74) is 0. The highest BCUT2D eigenvalue weighted by Gasteiger charge is 2.39. The standard InChI is InChI=1S/C12H18F3N3O2/c13-12(14,15)7-18-6-9(4-10(18)19)17-11(20)8-2-1-3-16-5-8/h8-9,16H,1-7H2,(H,17,20). The topological polar surface area (TPSA) is 61.4 Å². The number of halogens is 3. The number of carbonyl (C=O) groups excluding carboxylic acids is 2. The quantitative estimate of drug-likeness (QED) is 0.785. The molecule has 0 bridgehead atoms. The summed E-state index contributed by atoms with van der Waals surface area (Å²) < 4.78 is 36.8. The van der Waals surface area contributed by atoms with Gasteiger partial charge < -0.3 is 15.5 Å². The molecule has 2 aliphatic rings. The molecule has 5 nitrogen and oxygen atoms in total. The largest absolute Gasteiger partial charge is 0.406 e. The van der Waals surface area contributed by atoms with E-state index in [2.05, 4.69) is 10.6 Å². The van der Waals surface area contributed by atoms with E-state index in [4.69, 9.17) is 0 Å². The number of piperidine rings is 1. The van der Waals surface area contributed by atoms with Gasteiger partial charge in [0, 0.05) is 19.5 Å². The number of hydrogen-bond acceptors (Lipinski definition) is 3.